The highest BCUT2D eigenvalue weighted by Crippen LogP contribution is 2.27. The second-order valence-corrected chi connectivity index (χ2v) is 5.63. The molecule has 0 aromatic heterocycles. The van der Waals surface area contributed by atoms with Crippen molar-refractivity contribution >= 4 is 0 Å². The van der Waals surface area contributed by atoms with Crippen molar-refractivity contribution in [1.82, 2.24) is 5.43 Å². The number of rotatable bonds is 5. The van der Waals surface area contributed by atoms with E-state index in [4.69, 9.17) is 5.84 Å². The van der Waals surface area contributed by atoms with Crippen molar-refractivity contribution in [3.8, 4) is 0 Å². The van der Waals surface area contributed by atoms with E-state index in [1.54, 1.807) is 0 Å². The molecule has 1 atom stereocenters. The third-order valence-electron chi connectivity index (χ3n) is 4.29. The normalized spacial score (nSPS) is 15.1. The highest BCUT2D eigenvalue weighted by atomic mass is 15.2. The lowest BCUT2D eigenvalue weighted by Crippen LogP contribution is -2.28. The maximum absolute atomic E-state index is 5.76. The Hall–Kier alpha value is -1.64. The van der Waals surface area contributed by atoms with Gasteiger partial charge in [-0.2, -0.15) is 0 Å². The number of fused-ring (bicyclic) bond motifs is 1. The molecule has 104 valence electrons. The first kappa shape index (κ1) is 13.3. The van der Waals surface area contributed by atoms with E-state index in [1.807, 2.05) is 0 Å². The minimum Gasteiger partial charge on any atom is -0.271 e. The summed E-state index contributed by atoms with van der Waals surface area (Å²) in [6, 6.07) is 17.7. The Balaban J connectivity index is 1.70. The molecule has 0 saturated heterocycles. The Morgan fingerprint density at radius 2 is 1.80 bits per heavy atom. The molecule has 2 nitrogen and oxygen atoms in total. The van der Waals surface area contributed by atoms with E-state index in [-0.39, 0.29) is 6.04 Å². The first-order chi connectivity index (χ1) is 9.86. The van der Waals surface area contributed by atoms with Gasteiger partial charge in [-0.05, 0) is 54.4 Å². The molecule has 3 rings (SSSR count). The van der Waals surface area contributed by atoms with Crippen LogP contribution in [0.4, 0.5) is 0 Å². The molecule has 20 heavy (non-hydrogen) atoms. The van der Waals surface area contributed by atoms with Crippen LogP contribution in [0.25, 0.3) is 0 Å². The number of benzene rings is 2. The van der Waals surface area contributed by atoms with Gasteiger partial charge in [0.15, 0.2) is 0 Å². The first-order valence-corrected chi connectivity index (χ1v) is 7.48. The van der Waals surface area contributed by atoms with Crippen LogP contribution in [0.1, 0.15) is 41.1 Å². The fourth-order valence-corrected chi connectivity index (χ4v) is 3.11. The summed E-state index contributed by atoms with van der Waals surface area (Å²) < 4.78 is 0. The molecule has 1 aliphatic rings. The summed E-state index contributed by atoms with van der Waals surface area (Å²) in [6.45, 7) is 0. The largest absolute Gasteiger partial charge is 0.271 e. The van der Waals surface area contributed by atoms with Crippen molar-refractivity contribution in [1.29, 1.82) is 0 Å². The molecule has 1 aliphatic carbocycles. The van der Waals surface area contributed by atoms with E-state index in [9.17, 15) is 0 Å². The van der Waals surface area contributed by atoms with Crippen molar-refractivity contribution < 1.29 is 0 Å². The summed E-state index contributed by atoms with van der Waals surface area (Å²) >= 11 is 0. The van der Waals surface area contributed by atoms with Gasteiger partial charge < -0.3 is 0 Å². The molecule has 3 N–H and O–H groups in total. The van der Waals surface area contributed by atoms with Gasteiger partial charge in [0.25, 0.3) is 0 Å². The SMILES string of the molecule is NNC(CCc1ccccc1)c1ccc2c(c1)CCC2. The lowest BCUT2D eigenvalue weighted by molar-refractivity contribution is 0.516. The van der Waals surface area contributed by atoms with Gasteiger partial charge in [0.2, 0.25) is 0 Å². The number of hydrogen-bond donors (Lipinski definition) is 2. The van der Waals surface area contributed by atoms with Gasteiger partial charge in [-0.3, -0.25) is 11.3 Å². The maximum atomic E-state index is 5.76. The zero-order chi connectivity index (χ0) is 13.8. The van der Waals surface area contributed by atoms with Crippen molar-refractivity contribution in [2.75, 3.05) is 0 Å². The van der Waals surface area contributed by atoms with E-state index < -0.39 is 0 Å². The quantitative estimate of drug-likeness (QED) is 0.643. The molecule has 0 saturated carbocycles. The third kappa shape index (κ3) is 2.92. The number of aryl methyl sites for hydroxylation is 3. The molecule has 0 heterocycles. The zero-order valence-electron chi connectivity index (χ0n) is 11.8. The molecular weight excluding hydrogens is 244 g/mol. The van der Waals surface area contributed by atoms with Gasteiger partial charge in [0.05, 0.1) is 0 Å². The van der Waals surface area contributed by atoms with Crippen molar-refractivity contribution in [2.45, 2.75) is 38.1 Å². The molecule has 2 heteroatoms. The topological polar surface area (TPSA) is 38.0 Å². The molecule has 1 unspecified atom stereocenters. The van der Waals surface area contributed by atoms with Crippen molar-refractivity contribution in [3.05, 3.63) is 70.8 Å². The maximum Gasteiger partial charge on any atom is 0.0463 e. The van der Waals surface area contributed by atoms with Crippen LogP contribution >= 0.6 is 0 Å². The summed E-state index contributed by atoms with van der Waals surface area (Å²) in [5.74, 6) is 5.76. The Morgan fingerprint density at radius 1 is 1.00 bits per heavy atom. The van der Waals surface area contributed by atoms with Gasteiger partial charge >= 0.3 is 0 Å². The summed E-state index contributed by atoms with van der Waals surface area (Å²) in [4.78, 5) is 0. The molecular formula is C18H22N2. The molecule has 2 aromatic carbocycles. The van der Waals surface area contributed by atoms with Gasteiger partial charge in [-0.1, -0.05) is 48.5 Å². The minimum absolute atomic E-state index is 0.237. The minimum atomic E-state index is 0.237. The molecule has 0 amide bonds. The van der Waals surface area contributed by atoms with Crippen LogP contribution in [0.3, 0.4) is 0 Å². The van der Waals surface area contributed by atoms with Crippen LogP contribution in [-0.4, -0.2) is 0 Å². The summed E-state index contributed by atoms with van der Waals surface area (Å²) in [7, 11) is 0. The van der Waals surface area contributed by atoms with Gasteiger partial charge in [-0.25, -0.2) is 0 Å². The summed E-state index contributed by atoms with van der Waals surface area (Å²) in [5.41, 5.74) is 8.71. The highest BCUT2D eigenvalue weighted by Gasteiger charge is 2.15. The van der Waals surface area contributed by atoms with Gasteiger partial charge in [0, 0.05) is 6.04 Å². The van der Waals surface area contributed by atoms with Crippen LogP contribution in [0, 0.1) is 0 Å². The smallest absolute Gasteiger partial charge is 0.0463 e. The Labute approximate surface area is 121 Å². The average molecular weight is 266 g/mol. The lowest BCUT2D eigenvalue weighted by Gasteiger charge is -2.17. The second-order valence-electron chi connectivity index (χ2n) is 5.63. The molecule has 0 radical (unpaired) electrons. The average Bonchev–Trinajstić information content (AvgIpc) is 2.96. The van der Waals surface area contributed by atoms with Crippen LogP contribution in [-0.2, 0) is 19.3 Å². The van der Waals surface area contributed by atoms with E-state index in [0.717, 1.165) is 12.8 Å². The fraction of sp³-hybridized carbons (Fsp3) is 0.333. The molecule has 0 aliphatic heterocycles. The van der Waals surface area contributed by atoms with E-state index in [1.165, 1.54) is 41.5 Å². The fourth-order valence-electron chi connectivity index (χ4n) is 3.11. The number of hydrazine groups is 1. The third-order valence-corrected chi connectivity index (χ3v) is 4.29. The second kappa shape index (κ2) is 6.21. The number of nitrogens with two attached hydrogens (primary N) is 1. The van der Waals surface area contributed by atoms with Gasteiger partial charge in [0.1, 0.15) is 0 Å². The van der Waals surface area contributed by atoms with E-state index in [0.29, 0.717) is 0 Å². The number of nitrogens with one attached hydrogen (secondary N) is 1. The molecule has 2 aromatic rings. The zero-order valence-corrected chi connectivity index (χ0v) is 11.8. The van der Waals surface area contributed by atoms with Crippen LogP contribution in [0.5, 0.6) is 0 Å². The van der Waals surface area contributed by atoms with Crippen LogP contribution in [0.15, 0.2) is 48.5 Å². The summed E-state index contributed by atoms with van der Waals surface area (Å²) in [6.07, 6.45) is 5.83. The van der Waals surface area contributed by atoms with Crippen LogP contribution in [0.2, 0.25) is 0 Å². The van der Waals surface area contributed by atoms with Gasteiger partial charge in [-0.15, -0.1) is 0 Å². The predicted octanol–water partition coefficient (Wildman–Crippen LogP) is 3.31. The van der Waals surface area contributed by atoms with Crippen molar-refractivity contribution in [3.63, 3.8) is 0 Å². The Morgan fingerprint density at radius 3 is 2.60 bits per heavy atom. The summed E-state index contributed by atoms with van der Waals surface area (Å²) in [5, 5.41) is 0. The monoisotopic (exact) mass is 266 g/mol. The molecule has 0 bridgehead atoms. The predicted molar refractivity (Wildman–Crippen MR) is 83.3 cm³/mol. The van der Waals surface area contributed by atoms with Crippen LogP contribution < -0.4 is 11.3 Å². The highest BCUT2D eigenvalue weighted by molar-refractivity contribution is 5.36. The van der Waals surface area contributed by atoms with E-state index >= 15 is 0 Å². The lowest BCUT2D eigenvalue weighted by atomic mass is 9.96. The Bertz CT molecular complexity index is 563. The number of hydrogen-bond acceptors (Lipinski definition) is 2. The Kier molecular flexibility index (Phi) is 4.14. The first-order valence-electron chi connectivity index (χ1n) is 7.48. The molecule has 0 spiro atoms. The van der Waals surface area contributed by atoms with E-state index in [2.05, 4.69) is 54.0 Å². The van der Waals surface area contributed by atoms with Crippen molar-refractivity contribution in [2.24, 2.45) is 5.84 Å². The standard InChI is InChI=1S/C18H22N2/c19-20-18(12-9-14-5-2-1-3-6-14)17-11-10-15-7-4-8-16(15)13-17/h1-3,5-6,10-11,13,18,20H,4,7-9,12,19H2. The molecule has 0 fully saturated rings.